The van der Waals surface area contributed by atoms with Gasteiger partial charge in [-0.1, -0.05) is 0 Å². The van der Waals surface area contributed by atoms with Crippen molar-refractivity contribution in [2.75, 3.05) is 0 Å². The molecule has 0 aliphatic rings. The Labute approximate surface area is 327 Å². The first-order chi connectivity index (χ1) is 20.8. The molecule has 24 N–H and O–H groups in total. The summed E-state index contributed by atoms with van der Waals surface area (Å²) in [6, 6.07) is 0. The standard InChI is InChI=1S/2CH2O3.2Ce.10H2NO3/c2*2-1(3)4;;;10*2-1(3)4/h2*(H2,2,3,4);;;10*(H2,2,3,4)/q;;;;10*+1. The van der Waals surface area contributed by atoms with E-state index in [4.69, 9.17) is 183 Å². The van der Waals surface area contributed by atoms with Gasteiger partial charge in [0.15, 0.2) is 0 Å². The summed E-state index contributed by atoms with van der Waals surface area (Å²) in [6.07, 6.45) is -3.67. The Morgan fingerprint density at radius 1 is 0.220 bits per heavy atom. The molecule has 0 atom stereocenters. The van der Waals surface area contributed by atoms with Crippen molar-refractivity contribution in [2.24, 2.45) is 0 Å². The molecule has 0 aromatic carbocycles. The molecule has 0 aliphatic carbocycles. The predicted molar refractivity (Wildman–Crippen MR) is 93.3 cm³/mol. The Hall–Kier alpha value is -6.71. The van der Waals surface area contributed by atoms with Gasteiger partial charge >= 0.3 is 63.2 Å². The number of carbonyl (C=O) groups is 2. The Bertz CT molecular complexity index is 593. The minimum Gasteiger partial charge on any atom is -0.450 e. The van der Waals surface area contributed by atoms with Gasteiger partial charge in [0.05, 0.1) is 0 Å². The van der Waals surface area contributed by atoms with E-state index in [9.17, 15) is 0 Å². The molecule has 0 aromatic rings. The van der Waals surface area contributed by atoms with E-state index in [1.807, 2.05) is 0 Å². The Morgan fingerprint density at radius 2 is 0.220 bits per heavy atom. The van der Waals surface area contributed by atoms with E-state index in [2.05, 4.69) is 0 Å². The first kappa shape index (κ1) is 90.2. The number of carboxylic acid groups (broad SMARTS) is 4. The van der Waals surface area contributed by atoms with Crippen LogP contribution in [0.4, 0.5) is 9.59 Å². The molecule has 296 valence electrons. The van der Waals surface area contributed by atoms with Crippen LogP contribution in [0.5, 0.6) is 0 Å². The molecule has 50 heavy (non-hydrogen) atoms. The molecule has 0 amide bonds. The number of rotatable bonds is 0. The van der Waals surface area contributed by atoms with Crippen LogP contribution in [0.3, 0.4) is 0 Å². The van der Waals surface area contributed by atoms with Crippen molar-refractivity contribution in [3.63, 3.8) is 0 Å². The molecule has 46 nitrogen and oxygen atoms in total. The minimum atomic E-state index is -1.83. The molecular formula is C2H24Ce2N10O36+10. The van der Waals surface area contributed by atoms with Gasteiger partial charge in [-0.05, 0) is 0 Å². The van der Waals surface area contributed by atoms with E-state index in [1.54, 1.807) is 0 Å². The van der Waals surface area contributed by atoms with Gasteiger partial charge in [-0.25, -0.2) is 114 Å². The molecule has 0 aliphatic heterocycles. The van der Waals surface area contributed by atoms with Gasteiger partial charge in [0.2, 0.25) is 0 Å². The summed E-state index contributed by atoms with van der Waals surface area (Å²) in [4.78, 5) is 102. The number of hydrogen-bond donors (Lipinski definition) is 24. The second-order valence-corrected chi connectivity index (χ2v) is 3.09. The largest absolute Gasteiger partial charge is 0.503 e. The molecule has 48 heteroatoms. The summed E-state index contributed by atoms with van der Waals surface area (Å²) in [5, 5.41) is 153. The van der Waals surface area contributed by atoms with Crippen LogP contribution in [0.1, 0.15) is 0 Å². The van der Waals surface area contributed by atoms with Crippen molar-refractivity contribution >= 4 is 12.3 Å². The average molecular weight is 1040 g/mol. The fourth-order valence-corrected chi connectivity index (χ4v) is 0. The minimum absolute atomic E-state index is 0. The van der Waals surface area contributed by atoms with Crippen molar-refractivity contribution in [1.82, 2.24) is 0 Å². The molecule has 0 bridgehead atoms. The van der Waals surface area contributed by atoms with Crippen molar-refractivity contribution < 1.29 is 269 Å². The summed E-state index contributed by atoms with van der Waals surface area (Å²) in [5.41, 5.74) is 0. The van der Waals surface area contributed by atoms with Crippen LogP contribution in [-0.4, -0.2) is 188 Å². The maximum Gasteiger partial charge on any atom is 0.503 e. The van der Waals surface area contributed by atoms with Crippen LogP contribution in [0, 0.1) is 133 Å². The molecule has 0 unspecified atom stereocenters. The molecule has 0 saturated heterocycles. The SMILES string of the molecule is O=C(O)O.O=C(O)O.O=[N+](O)O.O=[N+](O)O.O=[N+](O)O.O=[N+](O)O.O=[N+](O)O.O=[N+](O)O.O=[N+](O)O.O=[N+](O)O.O=[N+](O)O.O=[N+](O)O.[Ce].[Ce]. The van der Waals surface area contributed by atoms with Gasteiger partial charge in [0, 0.05) is 83.5 Å². The zero-order valence-corrected chi connectivity index (χ0v) is 28.4. The van der Waals surface area contributed by atoms with Gasteiger partial charge < -0.3 is 20.4 Å². The third-order valence-electron chi connectivity index (χ3n) is 0. The van der Waals surface area contributed by atoms with Gasteiger partial charge in [-0.2, -0.15) is 0 Å². The summed E-state index contributed by atoms with van der Waals surface area (Å²) < 4.78 is 0. The first-order valence-corrected chi connectivity index (χ1v) is 7.13. The molecular weight excluding hydrogens is 1020 g/mol. The quantitative estimate of drug-likeness (QED) is 0.103. The zero-order chi connectivity index (χ0) is 42.9. The Morgan fingerprint density at radius 3 is 0.220 bits per heavy atom. The number of hydrogen-bond acceptors (Lipinski definition) is 12. The molecule has 0 radical (unpaired) electrons. The van der Waals surface area contributed by atoms with E-state index in [-0.39, 0.29) is 83.5 Å². The summed E-state index contributed by atoms with van der Waals surface area (Å²) >= 11 is 0. The van der Waals surface area contributed by atoms with Crippen LogP contribution in [0.15, 0.2) is 0 Å². The van der Waals surface area contributed by atoms with Gasteiger partial charge in [0.25, 0.3) is 0 Å². The monoisotopic (exact) mass is 1040 g/mol. The molecule has 0 saturated carbocycles. The predicted octanol–water partition coefficient (Wildman–Crippen LogP) is -4.12. The normalized spacial score (nSPS) is 5.76. The van der Waals surface area contributed by atoms with Crippen molar-refractivity contribution in [3.05, 3.63) is 49.1 Å². The molecule has 0 rings (SSSR count). The summed E-state index contributed by atoms with van der Waals surface area (Å²) in [7, 11) is 0. The van der Waals surface area contributed by atoms with Crippen molar-refractivity contribution in [2.45, 2.75) is 0 Å². The molecule has 0 aromatic heterocycles. The second kappa shape index (κ2) is 84.0. The van der Waals surface area contributed by atoms with E-state index in [0.717, 1.165) is 0 Å². The fraction of sp³-hybridized carbons (Fsp3) is 0. The maximum absolute atomic E-state index is 8.56. The van der Waals surface area contributed by atoms with Gasteiger partial charge in [0.1, 0.15) is 49.1 Å². The fourth-order valence-electron chi connectivity index (χ4n) is 0. The van der Waals surface area contributed by atoms with Crippen LogP contribution in [0.2, 0.25) is 0 Å². The van der Waals surface area contributed by atoms with E-state index >= 15 is 0 Å². The van der Waals surface area contributed by atoms with Crippen molar-refractivity contribution in [3.8, 4) is 0 Å². The van der Waals surface area contributed by atoms with Gasteiger partial charge in [-0.3, -0.25) is 0 Å². The zero-order valence-electron chi connectivity index (χ0n) is 22.1. The van der Waals surface area contributed by atoms with E-state index < -0.39 is 63.2 Å². The van der Waals surface area contributed by atoms with E-state index in [1.165, 1.54) is 0 Å². The van der Waals surface area contributed by atoms with Crippen LogP contribution < -0.4 is 0 Å². The Balaban J connectivity index is -0.0000000235. The molecule has 0 heterocycles. The smallest absolute Gasteiger partial charge is 0.450 e. The third kappa shape index (κ3) is 1490. The van der Waals surface area contributed by atoms with Crippen molar-refractivity contribution in [1.29, 1.82) is 0 Å². The topological polar surface area (TPSA) is 720 Å². The summed E-state index contributed by atoms with van der Waals surface area (Å²) in [5.74, 6) is 0. The second-order valence-electron chi connectivity index (χ2n) is 3.09. The number of nitrogens with zero attached hydrogens (tertiary/aromatic N) is 10. The molecule has 0 spiro atoms. The average Bonchev–Trinajstić information content (AvgIpc) is 2.61. The van der Waals surface area contributed by atoms with Crippen LogP contribution >= 0.6 is 0 Å². The first-order valence-electron chi connectivity index (χ1n) is 7.13. The van der Waals surface area contributed by atoms with Gasteiger partial charge in [-0.15, -0.1) is 0 Å². The van der Waals surface area contributed by atoms with E-state index in [0.29, 0.717) is 0 Å². The third-order valence-corrected chi connectivity index (χ3v) is 0. The Kier molecular flexibility index (Phi) is 152. The van der Waals surface area contributed by atoms with Crippen LogP contribution in [0.25, 0.3) is 0 Å². The summed E-state index contributed by atoms with van der Waals surface area (Å²) in [6.45, 7) is 0. The molecule has 0 fully saturated rings. The van der Waals surface area contributed by atoms with Crippen LogP contribution in [-0.2, 0) is 0 Å². The maximum atomic E-state index is 8.56.